The molecule has 0 saturated heterocycles. The Kier molecular flexibility index (Phi) is 6.78. The lowest BCUT2D eigenvalue weighted by atomic mass is 10.2. The number of hydrogen-bond donors (Lipinski definition) is 1. The van der Waals surface area contributed by atoms with E-state index >= 15 is 0 Å². The van der Waals surface area contributed by atoms with Gasteiger partial charge >= 0.3 is 0 Å². The van der Waals surface area contributed by atoms with Crippen LogP contribution in [0, 0.1) is 6.92 Å². The molecule has 3 nitrogen and oxygen atoms in total. The first-order chi connectivity index (χ1) is 9.08. The zero-order valence-electron chi connectivity index (χ0n) is 12.1. The summed E-state index contributed by atoms with van der Waals surface area (Å²) in [6.07, 6.45) is 2.02. The highest BCUT2D eigenvalue weighted by atomic mass is 32.2. The fourth-order valence-corrected chi connectivity index (χ4v) is 2.88. The highest BCUT2D eigenvalue weighted by Crippen LogP contribution is 2.24. The average Bonchev–Trinajstić information content (AvgIpc) is 2.37. The fourth-order valence-electron chi connectivity index (χ4n) is 1.97. The summed E-state index contributed by atoms with van der Waals surface area (Å²) in [4.78, 5) is 15.2. The Morgan fingerprint density at radius 3 is 2.42 bits per heavy atom. The van der Waals surface area contributed by atoms with E-state index in [2.05, 4.69) is 13.8 Å². The molecule has 0 aliphatic heterocycles. The zero-order valence-corrected chi connectivity index (χ0v) is 12.9. The minimum absolute atomic E-state index is 0.227. The van der Waals surface area contributed by atoms with Crippen molar-refractivity contribution in [2.45, 2.75) is 38.5 Å². The minimum Gasteiger partial charge on any atom is -0.399 e. The molecule has 1 amide bonds. The molecule has 2 N–H and O–H groups in total. The summed E-state index contributed by atoms with van der Waals surface area (Å²) < 4.78 is 0. The van der Waals surface area contributed by atoms with Crippen molar-refractivity contribution in [2.24, 2.45) is 0 Å². The maximum absolute atomic E-state index is 12.2. The zero-order chi connectivity index (χ0) is 14.3. The Morgan fingerprint density at radius 2 is 1.89 bits per heavy atom. The summed E-state index contributed by atoms with van der Waals surface area (Å²) >= 11 is 1.60. The predicted octanol–water partition coefficient (Wildman–Crippen LogP) is 3.32. The lowest BCUT2D eigenvalue weighted by Gasteiger charge is -2.21. The van der Waals surface area contributed by atoms with Crippen molar-refractivity contribution >= 4 is 23.4 Å². The van der Waals surface area contributed by atoms with Gasteiger partial charge < -0.3 is 10.6 Å². The number of nitrogens with zero attached hydrogens (tertiary/aromatic N) is 1. The molecule has 0 aromatic heterocycles. The SMILES string of the molecule is CCCN(CCC)C(=O)CSc1ccc(N)cc1C. The molecule has 0 saturated carbocycles. The number of carbonyl (C=O) groups excluding carboxylic acids is 1. The van der Waals surface area contributed by atoms with Gasteiger partial charge in [-0.1, -0.05) is 13.8 Å². The second-order valence-corrected chi connectivity index (χ2v) is 5.71. The first-order valence-electron chi connectivity index (χ1n) is 6.85. The Labute approximate surface area is 120 Å². The average molecular weight is 280 g/mol. The van der Waals surface area contributed by atoms with E-state index in [4.69, 9.17) is 5.73 Å². The minimum atomic E-state index is 0.227. The van der Waals surface area contributed by atoms with Crippen LogP contribution >= 0.6 is 11.8 Å². The highest BCUT2D eigenvalue weighted by Gasteiger charge is 2.12. The molecule has 0 aliphatic carbocycles. The van der Waals surface area contributed by atoms with E-state index in [-0.39, 0.29) is 5.91 Å². The number of nitrogen functional groups attached to an aromatic ring is 1. The largest absolute Gasteiger partial charge is 0.399 e. The summed E-state index contributed by atoms with van der Waals surface area (Å²) in [5, 5.41) is 0. The molecule has 0 unspecified atom stereocenters. The van der Waals surface area contributed by atoms with Crippen LogP contribution in [-0.2, 0) is 4.79 Å². The number of nitrogens with two attached hydrogens (primary N) is 1. The van der Waals surface area contributed by atoms with E-state index < -0.39 is 0 Å². The number of thioether (sulfide) groups is 1. The van der Waals surface area contributed by atoms with Gasteiger partial charge in [0.15, 0.2) is 0 Å². The van der Waals surface area contributed by atoms with Gasteiger partial charge in [-0.3, -0.25) is 4.79 Å². The van der Waals surface area contributed by atoms with E-state index in [0.29, 0.717) is 5.75 Å². The number of carbonyl (C=O) groups is 1. The van der Waals surface area contributed by atoms with Gasteiger partial charge in [0.2, 0.25) is 5.91 Å². The van der Waals surface area contributed by atoms with Crippen LogP contribution in [0.5, 0.6) is 0 Å². The van der Waals surface area contributed by atoms with Gasteiger partial charge in [0.1, 0.15) is 0 Å². The van der Waals surface area contributed by atoms with Gasteiger partial charge in [0, 0.05) is 23.7 Å². The van der Waals surface area contributed by atoms with Crippen molar-refractivity contribution < 1.29 is 4.79 Å². The van der Waals surface area contributed by atoms with Gasteiger partial charge in [-0.15, -0.1) is 11.8 Å². The van der Waals surface area contributed by atoms with Gasteiger partial charge in [0.25, 0.3) is 0 Å². The quantitative estimate of drug-likeness (QED) is 0.615. The number of aryl methyl sites for hydroxylation is 1. The summed E-state index contributed by atoms with van der Waals surface area (Å²) in [5.41, 5.74) is 7.63. The molecule has 0 radical (unpaired) electrons. The molecule has 0 heterocycles. The number of anilines is 1. The number of benzene rings is 1. The van der Waals surface area contributed by atoms with Gasteiger partial charge in [0.05, 0.1) is 5.75 Å². The summed E-state index contributed by atoms with van der Waals surface area (Å²) in [6, 6.07) is 5.82. The van der Waals surface area contributed by atoms with Crippen LogP contribution in [0.25, 0.3) is 0 Å². The molecular weight excluding hydrogens is 256 g/mol. The van der Waals surface area contributed by atoms with Crippen LogP contribution in [0.3, 0.4) is 0 Å². The lowest BCUT2D eigenvalue weighted by molar-refractivity contribution is -0.128. The van der Waals surface area contributed by atoms with Crippen LogP contribution in [-0.4, -0.2) is 29.6 Å². The molecule has 1 aromatic rings. The van der Waals surface area contributed by atoms with Gasteiger partial charge in [-0.2, -0.15) is 0 Å². The molecule has 4 heteroatoms. The normalized spacial score (nSPS) is 10.5. The van der Waals surface area contributed by atoms with Gasteiger partial charge in [-0.05, 0) is 43.5 Å². The van der Waals surface area contributed by atoms with Crippen molar-refractivity contribution in [3.63, 3.8) is 0 Å². The Balaban J connectivity index is 2.56. The van der Waals surface area contributed by atoms with Crippen LogP contribution in [0.15, 0.2) is 23.1 Å². The van der Waals surface area contributed by atoms with E-state index in [1.54, 1.807) is 11.8 Å². The molecule has 0 aliphatic rings. The smallest absolute Gasteiger partial charge is 0.232 e. The highest BCUT2D eigenvalue weighted by molar-refractivity contribution is 8.00. The van der Waals surface area contributed by atoms with Crippen molar-refractivity contribution in [3.8, 4) is 0 Å². The van der Waals surface area contributed by atoms with E-state index in [1.807, 2.05) is 30.0 Å². The van der Waals surface area contributed by atoms with Crippen LogP contribution in [0.1, 0.15) is 32.3 Å². The third-order valence-corrected chi connectivity index (χ3v) is 4.05. The van der Waals surface area contributed by atoms with Crippen molar-refractivity contribution in [1.82, 2.24) is 4.90 Å². The fraction of sp³-hybridized carbons (Fsp3) is 0.533. The first-order valence-corrected chi connectivity index (χ1v) is 7.83. The standard InChI is InChI=1S/C15H24N2OS/c1-4-8-17(9-5-2)15(18)11-19-14-7-6-13(16)10-12(14)3/h6-7,10H,4-5,8-9,11,16H2,1-3H3. The third-order valence-electron chi connectivity index (χ3n) is 2.89. The second kappa shape index (κ2) is 8.10. The maximum atomic E-state index is 12.2. The predicted molar refractivity (Wildman–Crippen MR) is 83.5 cm³/mol. The van der Waals surface area contributed by atoms with Crippen LogP contribution in [0.2, 0.25) is 0 Å². The number of rotatable bonds is 7. The molecule has 0 atom stereocenters. The molecular formula is C15H24N2OS. The maximum Gasteiger partial charge on any atom is 0.232 e. The number of hydrogen-bond acceptors (Lipinski definition) is 3. The molecule has 0 fully saturated rings. The topological polar surface area (TPSA) is 46.3 Å². The van der Waals surface area contributed by atoms with Crippen LogP contribution in [0.4, 0.5) is 5.69 Å². The Hall–Kier alpha value is -1.16. The van der Waals surface area contributed by atoms with Crippen LogP contribution < -0.4 is 5.73 Å². The molecule has 0 spiro atoms. The summed E-state index contributed by atoms with van der Waals surface area (Å²) in [7, 11) is 0. The van der Waals surface area contributed by atoms with Crippen molar-refractivity contribution in [1.29, 1.82) is 0 Å². The Bertz CT molecular complexity index is 415. The molecule has 1 rings (SSSR count). The monoisotopic (exact) mass is 280 g/mol. The van der Waals surface area contributed by atoms with Crippen molar-refractivity contribution in [3.05, 3.63) is 23.8 Å². The van der Waals surface area contributed by atoms with E-state index in [0.717, 1.165) is 42.1 Å². The molecule has 1 aromatic carbocycles. The first kappa shape index (κ1) is 15.9. The third kappa shape index (κ3) is 5.15. The molecule has 19 heavy (non-hydrogen) atoms. The summed E-state index contributed by atoms with van der Waals surface area (Å²) in [6.45, 7) is 7.95. The summed E-state index contributed by atoms with van der Waals surface area (Å²) in [5.74, 6) is 0.732. The van der Waals surface area contributed by atoms with Gasteiger partial charge in [-0.25, -0.2) is 0 Å². The molecule has 106 valence electrons. The van der Waals surface area contributed by atoms with E-state index in [1.165, 1.54) is 0 Å². The lowest BCUT2D eigenvalue weighted by Crippen LogP contribution is -2.33. The molecule has 0 bridgehead atoms. The van der Waals surface area contributed by atoms with Crippen molar-refractivity contribution in [2.75, 3.05) is 24.6 Å². The number of amides is 1. The Morgan fingerprint density at radius 1 is 1.26 bits per heavy atom. The van der Waals surface area contributed by atoms with E-state index in [9.17, 15) is 4.79 Å². The second-order valence-electron chi connectivity index (χ2n) is 4.69.